The van der Waals surface area contributed by atoms with E-state index in [4.69, 9.17) is 9.47 Å². The summed E-state index contributed by atoms with van der Waals surface area (Å²) in [7, 11) is 0. The number of carbonyl (C=O) groups is 1. The first kappa shape index (κ1) is 23.1. The maximum Gasteiger partial charge on any atom is 0.257 e. The maximum atomic E-state index is 13.2. The number of aliphatic hydroxyl groups excluding tert-OH is 1. The normalized spacial score (nSPS) is 22.0. The molecule has 0 aliphatic carbocycles. The van der Waals surface area contributed by atoms with Crippen molar-refractivity contribution >= 4 is 5.91 Å². The lowest BCUT2D eigenvalue weighted by Crippen LogP contribution is -2.44. The molecule has 0 spiro atoms. The molecule has 7 nitrogen and oxygen atoms in total. The Bertz CT molecular complexity index is 1010. The Morgan fingerprint density at radius 2 is 1.94 bits per heavy atom. The van der Waals surface area contributed by atoms with Crippen molar-refractivity contribution < 1.29 is 19.4 Å². The SMILES string of the molecule is CCN1CC[C@@H](Oc2ccc3c(c2)OCCN(C[C@H](O)CN2CCc4ccccc4C2)C3=O)C1. The number of nitrogens with zero attached hydrogens (tertiary/aromatic N) is 3. The summed E-state index contributed by atoms with van der Waals surface area (Å²) >= 11 is 0. The van der Waals surface area contributed by atoms with E-state index in [1.165, 1.54) is 11.1 Å². The van der Waals surface area contributed by atoms with Crippen LogP contribution in [0.15, 0.2) is 42.5 Å². The molecule has 3 aliphatic rings. The predicted molar refractivity (Wildman–Crippen MR) is 130 cm³/mol. The highest BCUT2D eigenvalue weighted by molar-refractivity contribution is 5.97. The van der Waals surface area contributed by atoms with Gasteiger partial charge in [-0.15, -0.1) is 0 Å². The molecule has 5 rings (SSSR count). The van der Waals surface area contributed by atoms with Crippen molar-refractivity contribution in [2.24, 2.45) is 0 Å². The zero-order valence-electron chi connectivity index (χ0n) is 20.0. The van der Waals surface area contributed by atoms with Crippen molar-refractivity contribution in [2.45, 2.75) is 38.5 Å². The van der Waals surface area contributed by atoms with Crippen LogP contribution in [0.3, 0.4) is 0 Å². The van der Waals surface area contributed by atoms with E-state index in [1.807, 2.05) is 12.1 Å². The number of ether oxygens (including phenoxy) is 2. The Morgan fingerprint density at radius 3 is 2.76 bits per heavy atom. The minimum Gasteiger partial charge on any atom is -0.491 e. The topological polar surface area (TPSA) is 65.5 Å². The van der Waals surface area contributed by atoms with Gasteiger partial charge in [-0.25, -0.2) is 0 Å². The lowest BCUT2D eigenvalue weighted by atomic mass is 10.00. The van der Waals surface area contributed by atoms with Crippen molar-refractivity contribution in [3.05, 3.63) is 59.2 Å². The van der Waals surface area contributed by atoms with Crippen LogP contribution in [0.2, 0.25) is 0 Å². The highest BCUT2D eigenvalue weighted by atomic mass is 16.5. The summed E-state index contributed by atoms with van der Waals surface area (Å²) in [5.74, 6) is 1.21. The second kappa shape index (κ2) is 10.3. The Balaban J connectivity index is 1.18. The van der Waals surface area contributed by atoms with Crippen LogP contribution in [0.4, 0.5) is 0 Å². The molecule has 34 heavy (non-hydrogen) atoms. The number of rotatable bonds is 7. The van der Waals surface area contributed by atoms with Gasteiger partial charge in [-0.2, -0.15) is 0 Å². The number of likely N-dealkylation sites (tertiary alicyclic amines) is 1. The number of hydrogen-bond donors (Lipinski definition) is 1. The Kier molecular flexibility index (Phi) is 7.04. The van der Waals surface area contributed by atoms with Crippen molar-refractivity contribution in [3.63, 3.8) is 0 Å². The van der Waals surface area contributed by atoms with Crippen LogP contribution in [0, 0.1) is 0 Å². The van der Waals surface area contributed by atoms with Crippen molar-refractivity contribution in [2.75, 3.05) is 52.4 Å². The molecule has 1 N–H and O–H groups in total. The lowest BCUT2D eigenvalue weighted by molar-refractivity contribution is 0.0501. The van der Waals surface area contributed by atoms with E-state index in [0.717, 1.165) is 51.3 Å². The number of fused-ring (bicyclic) bond motifs is 2. The van der Waals surface area contributed by atoms with E-state index in [2.05, 4.69) is 41.0 Å². The molecule has 0 bridgehead atoms. The molecule has 0 radical (unpaired) electrons. The van der Waals surface area contributed by atoms with Crippen molar-refractivity contribution in [1.29, 1.82) is 0 Å². The summed E-state index contributed by atoms with van der Waals surface area (Å²) in [6.45, 7) is 8.66. The molecule has 1 saturated heterocycles. The van der Waals surface area contributed by atoms with E-state index in [9.17, 15) is 9.90 Å². The molecule has 0 unspecified atom stereocenters. The molecule has 2 aromatic carbocycles. The minimum absolute atomic E-state index is 0.0971. The predicted octanol–water partition coefficient (Wildman–Crippen LogP) is 2.41. The molecule has 0 saturated carbocycles. The van der Waals surface area contributed by atoms with Gasteiger partial charge in [0, 0.05) is 45.3 Å². The number of β-amino-alcohol motifs (C(OH)–C–C–N with tert-alkyl or cyclic N) is 1. The molecular formula is C27H35N3O4. The van der Waals surface area contributed by atoms with Gasteiger partial charge in [-0.1, -0.05) is 31.2 Å². The van der Waals surface area contributed by atoms with E-state index < -0.39 is 6.10 Å². The summed E-state index contributed by atoms with van der Waals surface area (Å²) < 4.78 is 12.1. The van der Waals surface area contributed by atoms with Crippen LogP contribution < -0.4 is 9.47 Å². The van der Waals surface area contributed by atoms with Gasteiger partial charge < -0.3 is 19.5 Å². The Morgan fingerprint density at radius 1 is 1.09 bits per heavy atom. The van der Waals surface area contributed by atoms with Gasteiger partial charge in [0.1, 0.15) is 24.2 Å². The Hall–Kier alpha value is -2.61. The number of hydrogen-bond acceptors (Lipinski definition) is 6. The van der Waals surface area contributed by atoms with Crippen LogP contribution in [0.5, 0.6) is 11.5 Å². The summed E-state index contributed by atoms with van der Waals surface area (Å²) in [6.07, 6.45) is 1.57. The molecular weight excluding hydrogens is 430 g/mol. The summed E-state index contributed by atoms with van der Waals surface area (Å²) in [6, 6.07) is 14.0. The number of benzene rings is 2. The summed E-state index contributed by atoms with van der Waals surface area (Å²) in [5, 5.41) is 10.8. The van der Waals surface area contributed by atoms with Crippen LogP contribution in [-0.2, 0) is 13.0 Å². The molecule has 7 heteroatoms. The fraction of sp³-hybridized carbons (Fsp3) is 0.519. The van der Waals surface area contributed by atoms with Crippen LogP contribution in [0.1, 0.15) is 34.8 Å². The van der Waals surface area contributed by atoms with Gasteiger partial charge in [0.15, 0.2) is 0 Å². The number of carbonyl (C=O) groups excluding carboxylic acids is 1. The third-order valence-corrected chi connectivity index (χ3v) is 7.18. The Labute approximate surface area is 201 Å². The molecule has 2 aromatic rings. The van der Waals surface area contributed by atoms with Crippen LogP contribution >= 0.6 is 0 Å². The van der Waals surface area contributed by atoms with Gasteiger partial charge in [0.05, 0.1) is 18.2 Å². The maximum absolute atomic E-state index is 13.2. The first-order chi connectivity index (χ1) is 16.6. The molecule has 2 atom stereocenters. The fourth-order valence-corrected chi connectivity index (χ4v) is 5.28. The van der Waals surface area contributed by atoms with E-state index >= 15 is 0 Å². The number of likely N-dealkylation sites (N-methyl/N-ethyl adjacent to an activating group) is 1. The standard InChI is InChI=1S/C27H35N3O4/c1-2-28-12-10-24(19-28)34-23-7-8-25-26(15-23)33-14-13-30(27(25)32)18-22(31)17-29-11-9-20-5-3-4-6-21(20)16-29/h3-8,15,22,24,31H,2,9-14,16-19H2,1H3/t22-,24-/m1/s1. The fourth-order valence-electron chi connectivity index (χ4n) is 5.28. The summed E-state index contributed by atoms with van der Waals surface area (Å²) in [4.78, 5) is 19.6. The number of amides is 1. The smallest absolute Gasteiger partial charge is 0.257 e. The molecule has 182 valence electrons. The molecule has 1 amide bonds. The van der Waals surface area contributed by atoms with Crippen molar-refractivity contribution in [1.82, 2.24) is 14.7 Å². The molecule has 0 aromatic heterocycles. The number of aliphatic hydroxyl groups is 1. The highest BCUT2D eigenvalue weighted by Gasteiger charge is 2.28. The lowest BCUT2D eigenvalue weighted by Gasteiger charge is -2.32. The molecule has 1 fully saturated rings. The third kappa shape index (κ3) is 5.22. The van der Waals surface area contributed by atoms with Crippen LogP contribution in [0.25, 0.3) is 0 Å². The average molecular weight is 466 g/mol. The highest BCUT2D eigenvalue weighted by Crippen LogP contribution is 2.30. The van der Waals surface area contributed by atoms with E-state index in [0.29, 0.717) is 37.6 Å². The largest absolute Gasteiger partial charge is 0.491 e. The van der Waals surface area contributed by atoms with Gasteiger partial charge >= 0.3 is 0 Å². The second-order valence-electron chi connectivity index (χ2n) is 9.59. The van der Waals surface area contributed by atoms with Crippen LogP contribution in [-0.4, -0.2) is 90.3 Å². The van der Waals surface area contributed by atoms with E-state index in [1.54, 1.807) is 11.0 Å². The molecule has 3 aliphatic heterocycles. The zero-order chi connectivity index (χ0) is 23.5. The second-order valence-corrected chi connectivity index (χ2v) is 9.59. The van der Waals surface area contributed by atoms with Gasteiger partial charge in [-0.05, 0) is 42.6 Å². The van der Waals surface area contributed by atoms with Gasteiger partial charge in [0.25, 0.3) is 5.91 Å². The zero-order valence-corrected chi connectivity index (χ0v) is 20.0. The average Bonchev–Trinajstić information content (AvgIpc) is 3.24. The third-order valence-electron chi connectivity index (χ3n) is 7.18. The summed E-state index contributed by atoms with van der Waals surface area (Å²) in [5.41, 5.74) is 3.25. The first-order valence-corrected chi connectivity index (χ1v) is 12.5. The first-order valence-electron chi connectivity index (χ1n) is 12.5. The van der Waals surface area contributed by atoms with Crippen molar-refractivity contribution in [3.8, 4) is 11.5 Å². The molecule has 3 heterocycles. The van der Waals surface area contributed by atoms with E-state index in [-0.39, 0.29) is 12.0 Å². The van der Waals surface area contributed by atoms with Gasteiger partial charge in [-0.3, -0.25) is 14.6 Å². The van der Waals surface area contributed by atoms with Gasteiger partial charge in [0.2, 0.25) is 0 Å². The monoisotopic (exact) mass is 465 g/mol. The minimum atomic E-state index is -0.609. The quantitative estimate of drug-likeness (QED) is 0.678.